The summed E-state index contributed by atoms with van der Waals surface area (Å²) >= 11 is 0. The molecule has 0 spiro atoms. The second-order valence-electron chi connectivity index (χ2n) is 9.16. The van der Waals surface area contributed by atoms with Gasteiger partial charge in [-0.3, -0.25) is 9.78 Å². The average molecular weight is 344 g/mol. The molecule has 4 nitrogen and oxygen atoms in total. The maximum Gasteiger partial charge on any atom is 0.253 e. The van der Waals surface area contributed by atoms with Gasteiger partial charge >= 0.3 is 0 Å². The van der Waals surface area contributed by atoms with Gasteiger partial charge in [-0.05, 0) is 66.5 Å². The molecule has 4 heteroatoms. The first kappa shape index (κ1) is 18.4. The number of pyridine rings is 1. The van der Waals surface area contributed by atoms with E-state index in [1.807, 2.05) is 12.1 Å². The second-order valence-corrected chi connectivity index (χ2v) is 9.16. The molecule has 0 bridgehead atoms. The number of fused-ring (bicyclic) bond motifs is 1. The Balaban J connectivity index is 1.85. The summed E-state index contributed by atoms with van der Waals surface area (Å²) in [5, 5.41) is 3.30. The molecule has 5 atom stereocenters. The SMILES string of the molecule is CC1C(NC(=O)c2cccnc2)CC2C(C)(C)CCCC2(C)C1CN. The number of hydrogen-bond donors (Lipinski definition) is 2. The van der Waals surface area contributed by atoms with E-state index in [1.54, 1.807) is 12.4 Å². The molecule has 1 heterocycles. The number of carbonyl (C=O) groups excluding carboxylic acids is 1. The van der Waals surface area contributed by atoms with E-state index >= 15 is 0 Å². The van der Waals surface area contributed by atoms with E-state index in [4.69, 9.17) is 5.73 Å². The van der Waals surface area contributed by atoms with Gasteiger partial charge in [0.2, 0.25) is 0 Å². The zero-order valence-corrected chi connectivity index (χ0v) is 16.1. The highest BCUT2D eigenvalue weighted by atomic mass is 16.1. The van der Waals surface area contributed by atoms with Gasteiger partial charge in [0.15, 0.2) is 0 Å². The lowest BCUT2D eigenvalue weighted by Crippen LogP contribution is -2.60. The largest absolute Gasteiger partial charge is 0.349 e. The van der Waals surface area contributed by atoms with Crippen molar-refractivity contribution < 1.29 is 4.79 Å². The van der Waals surface area contributed by atoms with E-state index in [2.05, 4.69) is 38.0 Å². The normalized spacial score (nSPS) is 37.2. The standard InChI is InChI=1S/C21H33N3O/c1-14-16(12-22)21(4)9-6-8-20(2,3)18(21)11-17(14)24-19(25)15-7-5-10-23-13-15/h5,7,10,13-14,16-18H,6,8-9,11-12,22H2,1-4H3,(H,24,25). The van der Waals surface area contributed by atoms with E-state index < -0.39 is 0 Å². The minimum absolute atomic E-state index is 0.0158. The van der Waals surface area contributed by atoms with Gasteiger partial charge in [-0.25, -0.2) is 0 Å². The lowest BCUT2D eigenvalue weighted by molar-refractivity contribution is -0.101. The number of amides is 1. The Morgan fingerprint density at radius 3 is 2.76 bits per heavy atom. The first-order chi connectivity index (χ1) is 11.8. The van der Waals surface area contributed by atoms with Crippen LogP contribution in [0.15, 0.2) is 24.5 Å². The molecular formula is C21H33N3O. The molecule has 138 valence electrons. The summed E-state index contributed by atoms with van der Waals surface area (Å²) in [6, 6.07) is 3.81. The van der Waals surface area contributed by atoms with Crippen molar-refractivity contribution >= 4 is 5.91 Å². The van der Waals surface area contributed by atoms with Crippen molar-refractivity contribution in [2.75, 3.05) is 6.54 Å². The van der Waals surface area contributed by atoms with Crippen molar-refractivity contribution in [1.82, 2.24) is 10.3 Å². The first-order valence-corrected chi connectivity index (χ1v) is 9.70. The van der Waals surface area contributed by atoms with E-state index in [0.29, 0.717) is 35.3 Å². The minimum Gasteiger partial charge on any atom is -0.349 e. The highest BCUT2D eigenvalue weighted by molar-refractivity contribution is 5.94. The molecule has 3 N–H and O–H groups in total. The lowest BCUT2D eigenvalue weighted by atomic mass is 9.45. The van der Waals surface area contributed by atoms with E-state index in [1.165, 1.54) is 19.3 Å². The molecule has 0 aliphatic heterocycles. The van der Waals surface area contributed by atoms with Crippen LogP contribution in [0.5, 0.6) is 0 Å². The molecule has 0 aromatic carbocycles. The van der Waals surface area contributed by atoms with Crippen molar-refractivity contribution in [1.29, 1.82) is 0 Å². The van der Waals surface area contributed by atoms with Crippen molar-refractivity contribution in [2.45, 2.75) is 59.4 Å². The zero-order chi connectivity index (χ0) is 18.2. The van der Waals surface area contributed by atoms with Crippen molar-refractivity contribution in [3.05, 3.63) is 30.1 Å². The molecule has 2 aliphatic carbocycles. The third-order valence-electron chi connectivity index (χ3n) is 7.38. The molecule has 2 aliphatic rings. The van der Waals surface area contributed by atoms with Crippen LogP contribution in [-0.2, 0) is 0 Å². The fourth-order valence-electron chi connectivity index (χ4n) is 5.97. The number of nitrogens with one attached hydrogen (secondary N) is 1. The lowest BCUT2D eigenvalue weighted by Gasteiger charge is -2.61. The van der Waals surface area contributed by atoms with Crippen LogP contribution < -0.4 is 11.1 Å². The van der Waals surface area contributed by atoms with Crippen LogP contribution in [0.1, 0.15) is 63.7 Å². The summed E-state index contributed by atoms with van der Waals surface area (Å²) in [4.78, 5) is 16.7. The molecule has 2 fully saturated rings. The maximum absolute atomic E-state index is 12.7. The Labute approximate surface area is 152 Å². The second kappa shape index (κ2) is 6.71. The van der Waals surface area contributed by atoms with Gasteiger partial charge in [-0.15, -0.1) is 0 Å². The number of hydrogen-bond acceptors (Lipinski definition) is 3. The van der Waals surface area contributed by atoms with Crippen LogP contribution in [0.2, 0.25) is 0 Å². The molecular weight excluding hydrogens is 310 g/mol. The van der Waals surface area contributed by atoms with Gasteiger partial charge in [-0.2, -0.15) is 0 Å². The summed E-state index contributed by atoms with van der Waals surface area (Å²) in [5.41, 5.74) is 7.48. The molecule has 25 heavy (non-hydrogen) atoms. The molecule has 2 saturated carbocycles. The van der Waals surface area contributed by atoms with Gasteiger partial charge in [-0.1, -0.05) is 34.1 Å². The Hall–Kier alpha value is -1.42. The van der Waals surface area contributed by atoms with E-state index in [9.17, 15) is 4.79 Å². The van der Waals surface area contributed by atoms with Crippen LogP contribution >= 0.6 is 0 Å². The third-order valence-corrected chi connectivity index (χ3v) is 7.38. The Morgan fingerprint density at radius 2 is 2.12 bits per heavy atom. The van der Waals surface area contributed by atoms with Gasteiger partial charge in [0.05, 0.1) is 5.56 Å². The predicted octanol–water partition coefficient (Wildman–Crippen LogP) is 3.63. The molecule has 1 aromatic rings. The van der Waals surface area contributed by atoms with Crippen LogP contribution in [0.3, 0.4) is 0 Å². The van der Waals surface area contributed by atoms with Crippen LogP contribution in [0.4, 0.5) is 0 Å². The van der Waals surface area contributed by atoms with Crippen molar-refractivity contribution in [3.63, 3.8) is 0 Å². The minimum atomic E-state index is -0.0158. The summed E-state index contributed by atoms with van der Waals surface area (Å²) in [6.45, 7) is 10.2. The summed E-state index contributed by atoms with van der Waals surface area (Å²) in [6.07, 6.45) is 8.19. The van der Waals surface area contributed by atoms with Gasteiger partial charge in [0, 0.05) is 18.4 Å². The quantitative estimate of drug-likeness (QED) is 0.880. The zero-order valence-electron chi connectivity index (χ0n) is 16.1. The van der Waals surface area contributed by atoms with E-state index in [0.717, 1.165) is 6.42 Å². The van der Waals surface area contributed by atoms with Crippen LogP contribution in [-0.4, -0.2) is 23.5 Å². The van der Waals surface area contributed by atoms with Gasteiger partial charge in [0.25, 0.3) is 5.91 Å². The number of nitrogens with zero attached hydrogens (tertiary/aromatic N) is 1. The fraction of sp³-hybridized carbons (Fsp3) is 0.714. The van der Waals surface area contributed by atoms with Gasteiger partial charge < -0.3 is 11.1 Å². The molecule has 0 saturated heterocycles. The number of rotatable bonds is 3. The first-order valence-electron chi connectivity index (χ1n) is 9.70. The Kier molecular flexibility index (Phi) is 4.93. The van der Waals surface area contributed by atoms with Crippen molar-refractivity contribution in [2.24, 2.45) is 34.3 Å². The fourth-order valence-corrected chi connectivity index (χ4v) is 5.97. The Bertz CT molecular complexity index is 615. The number of carbonyl (C=O) groups is 1. The highest BCUT2D eigenvalue weighted by Crippen LogP contribution is 2.60. The van der Waals surface area contributed by atoms with Crippen molar-refractivity contribution in [3.8, 4) is 0 Å². The predicted molar refractivity (Wildman–Crippen MR) is 101 cm³/mol. The number of nitrogens with two attached hydrogens (primary N) is 1. The summed E-state index contributed by atoms with van der Waals surface area (Å²) in [5.74, 6) is 1.42. The summed E-state index contributed by atoms with van der Waals surface area (Å²) in [7, 11) is 0. The van der Waals surface area contributed by atoms with Crippen LogP contribution in [0, 0.1) is 28.6 Å². The third kappa shape index (κ3) is 3.21. The highest BCUT2D eigenvalue weighted by Gasteiger charge is 2.56. The molecule has 3 rings (SSSR count). The van der Waals surface area contributed by atoms with E-state index in [-0.39, 0.29) is 17.4 Å². The molecule has 1 aromatic heterocycles. The average Bonchev–Trinajstić information content (AvgIpc) is 2.57. The smallest absolute Gasteiger partial charge is 0.253 e. The molecule has 0 radical (unpaired) electrons. The monoisotopic (exact) mass is 343 g/mol. The topological polar surface area (TPSA) is 68.0 Å². The summed E-state index contributed by atoms with van der Waals surface area (Å²) < 4.78 is 0. The Morgan fingerprint density at radius 1 is 1.36 bits per heavy atom. The van der Waals surface area contributed by atoms with Crippen LogP contribution in [0.25, 0.3) is 0 Å². The van der Waals surface area contributed by atoms with Gasteiger partial charge in [0.1, 0.15) is 0 Å². The molecule has 5 unspecified atom stereocenters. The molecule has 1 amide bonds. The maximum atomic E-state index is 12.7. The number of aromatic nitrogens is 1.